The molecule has 0 aromatic heterocycles. The lowest BCUT2D eigenvalue weighted by molar-refractivity contribution is 0.0703. The van der Waals surface area contributed by atoms with Crippen LogP contribution in [0.25, 0.3) is 0 Å². The van der Waals surface area contributed by atoms with Crippen LogP contribution in [0.5, 0.6) is 0 Å². The number of ether oxygens (including phenoxy) is 2. The third-order valence-electron chi connectivity index (χ3n) is 2.56. The summed E-state index contributed by atoms with van der Waals surface area (Å²) >= 11 is 18.5. The molecular weight excluding hydrogens is 308 g/mol. The molecule has 8 heteroatoms. The van der Waals surface area contributed by atoms with Gasteiger partial charge in [-0.15, -0.1) is 25.3 Å². The first-order valence-corrected chi connectivity index (χ1v) is 7.43. The second-order valence-electron chi connectivity index (χ2n) is 3.76. The topological polar surface area (TPSA) is 24.9 Å². The molecule has 0 aliphatic carbocycles. The number of thiocarbonyl (C=S) groups is 2. The molecule has 104 valence electrons. The van der Waals surface area contributed by atoms with Crippen molar-refractivity contribution in [2.75, 3.05) is 52.6 Å². The maximum atomic E-state index is 5.56. The van der Waals surface area contributed by atoms with Crippen LogP contribution in [0, 0.1) is 0 Å². The molecule has 1 aliphatic rings. The van der Waals surface area contributed by atoms with E-state index in [-0.39, 0.29) is 0 Å². The normalized spacial score (nSPS) is 19.9. The van der Waals surface area contributed by atoms with Crippen LogP contribution >= 0.6 is 49.7 Å². The van der Waals surface area contributed by atoms with Crippen molar-refractivity contribution in [1.82, 2.24) is 9.80 Å². The minimum atomic E-state index is 0.581. The van der Waals surface area contributed by atoms with Gasteiger partial charge in [-0.1, -0.05) is 24.4 Å². The van der Waals surface area contributed by atoms with E-state index in [2.05, 4.69) is 25.3 Å². The summed E-state index contributed by atoms with van der Waals surface area (Å²) < 4.78 is 12.3. The van der Waals surface area contributed by atoms with Gasteiger partial charge in [-0.3, -0.25) is 0 Å². The van der Waals surface area contributed by atoms with Crippen molar-refractivity contribution in [1.29, 1.82) is 0 Å². The molecule has 0 bridgehead atoms. The highest BCUT2D eigenvalue weighted by atomic mass is 32.1. The Morgan fingerprint density at radius 3 is 1.22 bits per heavy atom. The Bertz CT molecular complexity index is 251. The van der Waals surface area contributed by atoms with Crippen molar-refractivity contribution in [2.24, 2.45) is 0 Å². The van der Waals surface area contributed by atoms with Crippen LogP contribution in [0.15, 0.2) is 0 Å². The average Bonchev–Trinajstić information content (AvgIpc) is 2.28. The van der Waals surface area contributed by atoms with E-state index in [4.69, 9.17) is 33.9 Å². The molecule has 0 aromatic rings. The van der Waals surface area contributed by atoms with E-state index in [0.717, 1.165) is 26.2 Å². The molecule has 0 radical (unpaired) electrons. The van der Waals surface area contributed by atoms with Gasteiger partial charge in [-0.25, -0.2) is 0 Å². The zero-order valence-corrected chi connectivity index (χ0v) is 13.5. The van der Waals surface area contributed by atoms with Crippen LogP contribution in [0.1, 0.15) is 0 Å². The number of thiol groups is 2. The fourth-order valence-corrected chi connectivity index (χ4v) is 2.27. The molecule has 1 aliphatic heterocycles. The molecule has 4 nitrogen and oxygen atoms in total. The third-order valence-corrected chi connectivity index (χ3v) is 3.65. The van der Waals surface area contributed by atoms with Crippen molar-refractivity contribution < 1.29 is 9.47 Å². The highest BCUT2D eigenvalue weighted by Crippen LogP contribution is 2.01. The SMILES string of the molecule is S=C(S)N1CCOCCN(C(=S)S)CCOCC1. The molecule has 0 atom stereocenters. The summed E-state index contributed by atoms with van der Waals surface area (Å²) in [4.78, 5) is 3.95. The minimum absolute atomic E-state index is 0.581. The van der Waals surface area contributed by atoms with Crippen molar-refractivity contribution in [3.05, 3.63) is 0 Å². The van der Waals surface area contributed by atoms with Gasteiger partial charge >= 0.3 is 0 Å². The van der Waals surface area contributed by atoms with Gasteiger partial charge in [-0.05, 0) is 0 Å². The number of hydrogen-bond acceptors (Lipinski definition) is 4. The Labute approximate surface area is 130 Å². The summed E-state index contributed by atoms with van der Waals surface area (Å²) in [6.45, 7) is 5.41. The molecule has 1 heterocycles. The lowest BCUT2D eigenvalue weighted by atomic mass is 10.5. The maximum absolute atomic E-state index is 5.56. The van der Waals surface area contributed by atoms with E-state index < -0.39 is 0 Å². The second kappa shape index (κ2) is 9.33. The number of nitrogens with zero attached hydrogens (tertiary/aromatic N) is 2. The Hall–Kier alpha value is 0.400. The smallest absolute Gasteiger partial charge is 0.133 e. The zero-order valence-electron chi connectivity index (χ0n) is 10.1. The summed E-state index contributed by atoms with van der Waals surface area (Å²) in [5.74, 6) is 0. The second-order valence-corrected chi connectivity index (χ2v) is 5.99. The minimum Gasteiger partial charge on any atom is -0.378 e. The molecule has 1 fully saturated rings. The lowest BCUT2D eigenvalue weighted by Gasteiger charge is -2.26. The Balaban J connectivity index is 2.42. The Morgan fingerprint density at radius 2 is 1.00 bits per heavy atom. The molecule has 1 rings (SSSR count). The van der Waals surface area contributed by atoms with Gasteiger partial charge in [0.1, 0.15) is 8.64 Å². The summed E-state index contributed by atoms with van der Waals surface area (Å²) in [6, 6.07) is 0. The lowest BCUT2D eigenvalue weighted by Crippen LogP contribution is -2.37. The number of rotatable bonds is 0. The molecule has 0 N–H and O–H groups in total. The maximum Gasteiger partial charge on any atom is 0.133 e. The van der Waals surface area contributed by atoms with E-state index in [1.54, 1.807) is 0 Å². The fourth-order valence-electron chi connectivity index (χ4n) is 1.51. The Morgan fingerprint density at radius 1 is 0.722 bits per heavy atom. The predicted molar refractivity (Wildman–Crippen MR) is 88.0 cm³/mol. The van der Waals surface area contributed by atoms with Gasteiger partial charge in [0, 0.05) is 26.2 Å². The molecule has 0 saturated carbocycles. The van der Waals surface area contributed by atoms with E-state index in [1.807, 2.05) is 9.80 Å². The summed E-state index contributed by atoms with van der Waals surface area (Å²) in [6.07, 6.45) is 0. The largest absolute Gasteiger partial charge is 0.378 e. The van der Waals surface area contributed by atoms with Gasteiger partial charge in [0.25, 0.3) is 0 Å². The van der Waals surface area contributed by atoms with Crippen LogP contribution in [0.3, 0.4) is 0 Å². The van der Waals surface area contributed by atoms with E-state index in [1.165, 1.54) is 0 Å². The van der Waals surface area contributed by atoms with Crippen LogP contribution in [-0.4, -0.2) is 71.0 Å². The summed E-state index contributed by atoms with van der Waals surface area (Å²) in [7, 11) is 0. The first kappa shape index (κ1) is 16.5. The van der Waals surface area contributed by atoms with Gasteiger partial charge in [0.15, 0.2) is 0 Å². The predicted octanol–water partition coefficient (Wildman–Crippen LogP) is 1.07. The fraction of sp³-hybridized carbons (Fsp3) is 0.800. The molecule has 18 heavy (non-hydrogen) atoms. The quantitative estimate of drug-likeness (QED) is 0.510. The Kier molecular flexibility index (Phi) is 8.53. The van der Waals surface area contributed by atoms with E-state index in [9.17, 15) is 0 Å². The molecule has 0 amide bonds. The third kappa shape index (κ3) is 6.53. The van der Waals surface area contributed by atoms with Crippen molar-refractivity contribution in [3.8, 4) is 0 Å². The molecule has 1 saturated heterocycles. The van der Waals surface area contributed by atoms with Gasteiger partial charge in [-0.2, -0.15) is 0 Å². The van der Waals surface area contributed by atoms with Gasteiger partial charge < -0.3 is 19.3 Å². The molecule has 0 aromatic carbocycles. The van der Waals surface area contributed by atoms with Gasteiger partial charge in [0.05, 0.1) is 26.4 Å². The molecular formula is C10H18N2O2S4. The van der Waals surface area contributed by atoms with Crippen molar-refractivity contribution in [2.45, 2.75) is 0 Å². The summed E-state index contributed by atoms with van der Waals surface area (Å²) in [5.41, 5.74) is 0. The first-order valence-electron chi connectivity index (χ1n) is 5.72. The van der Waals surface area contributed by atoms with Crippen LogP contribution in [-0.2, 0) is 9.47 Å². The first-order chi connectivity index (χ1) is 8.61. The van der Waals surface area contributed by atoms with E-state index in [0.29, 0.717) is 35.1 Å². The van der Waals surface area contributed by atoms with Crippen molar-refractivity contribution >= 4 is 58.3 Å². The van der Waals surface area contributed by atoms with Crippen LogP contribution in [0.4, 0.5) is 0 Å². The monoisotopic (exact) mass is 326 g/mol. The standard InChI is InChI=1S/C10H18N2O2S4/c15-9(16)11-1-5-13-7-3-12(10(17)18)4-8-14-6-2-11/h1-8H2,(H,15,16)(H,17,18). The van der Waals surface area contributed by atoms with Crippen LogP contribution < -0.4 is 0 Å². The molecule has 0 spiro atoms. The van der Waals surface area contributed by atoms with E-state index >= 15 is 0 Å². The highest BCUT2D eigenvalue weighted by molar-refractivity contribution is 8.11. The average molecular weight is 327 g/mol. The van der Waals surface area contributed by atoms with Crippen LogP contribution in [0.2, 0.25) is 0 Å². The van der Waals surface area contributed by atoms with Crippen molar-refractivity contribution in [3.63, 3.8) is 0 Å². The molecule has 0 unspecified atom stereocenters. The summed E-state index contributed by atoms with van der Waals surface area (Å²) in [5, 5.41) is 0. The number of hydrogen-bond donors (Lipinski definition) is 2. The van der Waals surface area contributed by atoms with Gasteiger partial charge in [0.2, 0.25) is 0 Å². The highest BCUT2D eigenvalue weighted by Gasteiger charge is 2.10. The zero-order chi connectivity index (χ0) is 13.4.